The van der Waals surface area contributed by atoms with Gasteiger partial charge in [-0.25, -0.2) is 4.98 Å². The number of aryl methyl sites for hydroxylation is 1. The van der Waals surface area contributed by atoms with Gasteiger partial charge in [0.05, 0.1) is 5.69 Å². The van der Waals surface area contributed by atoms with Crippen LogP contribution in [0.2, 0.25) is 0 Å². The summed E-state index contributed by atoms with van der Waals surface area (Å²) in [4.78, 5) is 4.22. The zero-order valence-corrected chi connectivity index (χ0v) is 10.00. The van der Waals surface area contributed by atoms with E-state index in [4.69, 9.17) is 10.5 Å². The number of imidazole rings is 1. The van der Waals surface area contributed by atoms with Crippen molar-refractivity contribution in [3.8, 4) is 11.5 Å². The highest BCUT2D eigenvalue weighted by Crippen LogP contribution is 2.30. The minimum atomic E-state index is 0.637. The van der Waals surface area contributed by atoms with Crippen molar-refractivity contribution in [1.29, 1.82) is 0 Å². The van der Waals surface area contributed by atoms with Crippen molar-refractivity contribution in [3.63, 3.8) is 0 Å². The fraction of sp³-hybridized carbons (Fsp3) is 0.0714. The van der Waals surface area contributed by atoms with E-state index < -0.39 is 0 Å². The third-order valence-electron chi connectivity index (χ3n) is 2.83. The Bertz CT molecular complexity index is 683. The number of pyridine rings is 1. The lowest BCUT2D eigenvalue weighted by atomic mass is 10.2. The Labute approximate surface area is 105 Å². The second-order valence-corrected chi connectivity index (χ2v) is 4.15. The van der Waals surface area contributed by atoms with Crippen LogP contribution in [0.4, 0.5) is 5.69 Å². The first kappa shape index (κ1) is 10.7. The van der Waals surface area contributed by atoms with Gasteiger partial charge in [0.1, 0.15) is 11.4 Å². The Hall–Kier alpha value is -2.49. The van der Waals surface area contributed by atoms with E-state index in [0.717, 1.165) is 17.0 Å². The maximum atomic E-state index is 5.92. The first-order valence-electron chi connectivity index (χ1n) is 5.70. The van der Waals surface area contributed by atoms with Gasteiger partial charge in [0.2, 0.25) is 0 Å². The number of ether oxygens (including phenoxy) is 1. The molecule has 0 atom stereocenters. The van der Waals surface area contributed by atoms with Crippen LogP contribution in [-0.2, 0) is 0 Å². The quantitative estimate of drug-likeness (QED) is 0.699. The van der Waals surface area contributed by atoms with Gasteiger partial charge in [-0.2, -0.15) is 0 Å². The van der Waals surface area contributed by atoms with Gasteiger partial charge in [0.25, 0.3) is 0 Å². The van der Waals surface area contributed by atoms with E-state index in [1.807, 2.05) is 54.0 Å². The van der Waals surface area contributed by atoms with Gasteiger partial charge in [0, 0.05) is 24.7 Å². The molecule has 90 valence electrons. The normalized spacial score (nSPS) is 10.7. The maximum absolute atomic E-state index is 5.92. The molecule has 4 heteroatoms. The number of hydrogen-bond acceptors (Lipinski definition) is 3. The molecule has 2 aromatic heterocycles. The van der Waals surface area contributed by atoms with Gasteiger partial charge in [-0.1, -0.05) is 12.1 Å². The molecule has 0 spiro atoms. The second-order valence-electron chi connectivity index (χ2n) is 4.15. The minimum Gasteiger partial charge on any atom is -0.455 e. The standard InChI is InChI=1S/C14H13N3O/c1-10-3-2-4-12(15)14(10)18-11-5-7-17-8-6-16-13(17)9-11/h2-9H,15H2,1H3. The van der Waals surface area contributed by atoms with Crippen LogP contribution in [0.1, 0.15) is 5.56 Å². The van der Waals surface area contributed by atoms with E-state index in [2.05, 4.69) is 4.98 Å². The second kappa shape index (κ2) is 4.07. The van der Waals surface area contributed by atoms with Crippen molar-refractivity contribution in [3.05, 3.63) is 54.5 Å². The minimum absolute atomic E-state index is 0.637. The third kappa shape index (κ3) is 1.78. The van der Waals surface area contributed by atoms with Gasteiger partial charge in [-0.3, -0.25) is 0 Å². The highest BCUT2D eigenvalue weighted by Gasteiger charge is 2.06. The third-order valence-corrected chi connectivity index (χ3v) is 2.83. The fourth-order valence-electron chi connectivity index (χ4n) is 1.89. The molecule has 0 aliphatic rings. The monoisotopic (exact) mass is 239 g/mol. The van der Waals surface area contributed by atoms with Crippen LogP contribution in [0, 0.1) is 6.92 Å². The van der Waals surface area contributed by atoms with E-state index in [1.54, 1.807) is 6.20 Å². The summed E-state index contributed by atoms with van der Waals surface area (Å²) in [7, 11) is 0. The van der Waals surface area contributed by atoms with E-state index in [0.29, 0.717) is 11.4 Å². The topological polar surface area (TPSA) is 52.5 Å². The van der Waals surface area contributed by atoms with Crippen molar-refractivity contribution >= 4 is 11.3 Å². The number of nitrogens with zero attached hydrogens (tertiary/aromatic N) is 2. The number of para-hydroxylation sites is 1. The predicted molar refractivity (Wildman–Crippen MR) is 70.9 cm³/mol. The van der Waals surface area contributed by atoms with Gasteiger partial charge in [-0.15, -0.1) is 0 Å². The average Bonchev–Trinajstić information content (AvgIpc) is 2.81. The molecule has 18 heavy (non-hydrogen) atoms. The van der Waals surface area contributed by atoms with Gasteiger partial charge < -0.3 is 14.9 Å². The Balaban J connectivity index is 2.00. The molecule has 2 N–H and O–H groups in total. The van der Waals surface area contributed by atoms with Crippen molar-refractivity contribution < 1.29 is 4.74 Å². The lowest BCUT2D eigenvalue weighted by Gasteiger charge is -2.11. The molecule has 3 aromatic rings. The van der Waals surface area contributed by atoms with Crippen LogP contribution >= 0.6 is 0 Å². The van der Waals surface area contributed by atoms with Gasteiger partial charge in [0.15, 0.2) is 5.75 Å². The maximum Gasteiger partial charge on any atom is 0.153 e. The molecule has 1 aromatic carbocycles. The Morgan fingerprint density at radius 2 is 2.11 bits per heavy atom. The molecular weight excluding hydrogens is 226 g/mol. The number of hydrogen-bond donors (Lipinski definition) is 1. The summed E-state index contributed by atoms with van der Waals surface area (Å²) in [5.74, 6) is 1.43. The van der Waals surface area contributed by atoms with Crippen molar-refractivity contribution in [2.45, 2.75) is 6.92 Å². The molecule has 0 fully saturated rings. The number of aromatic nitrogens is 2. The molecule has 0 unspecified atom stereocenters. The fourth-order valence-corrected chi connectivity index (χ4v) is 1.89. The average molecular weight is 239 g/mol. The van der Waals surface area contributed by atoms with Crippen LogP contribution in [0.5, 0.6) is 11.5 Å². The molecular formula is C14H13N3O. The van der Waals surface area contributed by atoms with Crippen LogP contribution in [0.3, 0.4) is 0 Å². The first-order valence-corrected chi connectivity index (χ1v) is 5.70. The molecule has 3 rings (SSSR count). The van der Waals surface area contributed by atoms with Crippen LogP contribution in [-0.4, -0.2) is 9.38 Å². The molecule has 0 radical (unpaired) electrons. The van der Waals surface area contributed by atoms with Crippen molar-refractivity contribution in [1.82, 2.24) is 9.38 Å². The summed E-state index contributed by atoms with van der Waals surface area (Å²) in [5.41, 5.74) is 8.41. The van der Waals surface area contributed by atoms with Gasteiger partial charge >= 0.3 is 0 Å². The Kier molecular flexibility index (Phi) is 2.41. The lowest BCUT2D eigenvalue weighted by molar-refractivity contribution is 0.481. The molecule has 0 bridgehead atoms. The summed E-state index contributed by atoms with van der Waals surface area (Å²) in [5, 5.41) is 0. The zero-order chi connectivity index (χ0) is 12.5. The summed E-state index contributed by atoms with van der Waals surface area (Å²) < 4.78 is 7.76. The Morgan fingerprint density at radius 3 is 2.94 bits per heavy atom. The van der Waals surface area contributed by atoms with E-state index >= 15 is 0 Å². The summed E-state index contributed by atoms with van der Waals surface area (Å²) in [6.07, 6.45) is 5.55. The number of anilines is 1. The summed E-state index contributed by atoms with van der Waals surface area (Å²) in [6.45, 7) is 1.97. The molecule has 0 saturated carbocycles. The largest absolute Gasteiger partial charge is 0.455 e. The van der Waals surface area contributed by atoms with Crippen LogP contribution in [0.25, 0.3) is 5.65 Å². The van der Waals surface area contributed by atoms with Crippen molar-refractivity contribution in [2.24, 2.45) is 0 Å². The predicted octanol–water partition coefficient (Wildman–Crippen LogP) is 3.02. The highest BCUT2D eigenvalue weighted by molar-refractivity contribution is 5.58. The highest BCUT2D eigenvalue weighted by atomic mass is 16.5. The number of rotatable bonds is 2. The van der Waals surface area contributed by atoms with Gasteiger partial charge in [-0.05, 0) is 24.6 Å². The smallest absolute Gasteiger partial charge is 0.153 e. The van der Waals surface area contributed by atoms with E-state index in [1.165, 1.54) is 0 Å². The molecule has 2 heterocycles. The number of nitrogens with two attached hydrogens (primary N) is 1. The van der Waals surface area contributed by atoms with E-state index in [-0.39, 0.29) is 0 Å². The molecule has 4 nitrogen and oxygen atoms in total. The SMILES string of the molecule is Cc1cccc(N)c1Oc1ccn2ccnc2c1. The molecule has 0 saturated heterocycles. The first-order chi connectivity index (χ1) is 8.74. The van der Waals surface area contributed by atoms with Crippen LogP contribution < -0.4 is 10.5 Å². The molecule has 0 aliphatic heterocycles. The summed E-state index contributed by atoms with van der Waals surface area (Å²) in [6, 6.07) is 9.48. The zero-order valence-electron chi connectivity index (χ0n) is 10.00. The van der Waals surface area contributed by atoms with Crippen LogP contribution in [0.15, 0.2) is 48.9 Å². The number of benzene rings is 1. The summed E-state index contributed by atoms with van der Waals surface area (Å²) >= 11 is 0. The molecule has 0 aliphatic carbocycles. The van der Waals surface area contributed by atoms with E-state index in [9.17, 15) is 0 Å². The van der Waals surface area contributed by atoms with Crippen molar-refractivity contribution in [2.75, 3.05) is 5.73 Å². The Morgan fingerprint density at radius 1 is 1.22 bits per heavy atom. The number of nitrogen functional groups attached to an aromatic ring is 1. The lowest BCUT2D eigenvalue weighted by Crippen LogP contribution is -1.95. The molecule has 0 amide bonds. The number of fused-ring (bicyclic) bond motifs is 1.